The smallest absolute Gasteiger partial charge is 0.121 e. The molecule has 0 saturated heterocycles. The van der Waals surface area contributed by atoms with E-state index in [-0.39, 0.29) is 6.04 Å². The minimum atomic E-state index is 0.189. The van der Waals surface area contributed by atoms with Crippen LogP contribution in [-0.4, -0.2) is 38.4 Å². The highest BCUT2D eigenvalue weighted by Crippen LogP contribution is 2.18. The third kappa shape index (κ3) is 3.18. The summed E-state index contributed by atoms with van der Waals surface area (Å²) < 4.78 is 10.8. The highest BCUT2D eigenvalue weighted by molar-refractivity contribution is 5.79. The quantitative estimate of drug-likeness (QED) is 0.844. The Morgan fingerprint density at radius 1 is 1.28 bits per heavy atom. The third-order valence-electron chi connectivity index (χ3n) is 2.80. The second kappa shape index (κ2) is 6.33. The Labute approximate surface area is 107 Å². The van der Waals surface area contributed by atoms with Crippen molar-refractivity contribution in [3.63, 3.8) is 0 Å². The fourth-order valence-electron chi connectivity index (χ4n) is 1.75. The number of nitrogens with zero attached hydrogens (tertiary/aromatic N) is 1. The molecule has 0 fully saturated rings. The van der Waals surface area contributed by atoms with Crippen LogP contribution in [0, 0.1) is 0 Å². The van der Waals surface area contributed by atoms with Crippen LogP contribution < -0.4 is 10.1 Å². The molecule has 0 amide bonds. The summed E-state index contributed by atoms with van der Waals surface area (Å²) in [5, 5.41) is 4.26. The lowest BCUT2D eigenvalue weighted by Gasteiger charge is -2.16. The molecule has 0 saturated carbocycles. The van der Waals surface area contributed by atoms with Gasteiger partial charge in [-0.25, -0.2) is 0 Å². The molecule has 0 aliphatic rings. The normalized spacial score (nSPS) is 12.6. The molecule has 0 bridgehead atoms. The predicted octanol–water partition coefficient (Wildman–Crippen LogP) is 1.85. The van der Waals surface area contributed by atoms with Crippen molar-refractivity contribution in [2.45, 2.75) is 6.04 Å². The molecule has 96 valence electrons. The lowest BCUT2D eigenvalue weighted by atomic mass is 10.2. The first kappa shape index (κ1) is 12.8. The molecular formula is C14H18N2O2. The lowest BCUT2D eigenvalue weighted by molar-refractivity contribution is 0.140. The molecule has 2 aromatic rings. The molecule has 1 N–H and O–H groups in total. The van der Waals surface area contributed by atoms with E-state index in [0.717, 1.165) is 16.7 Å². The van der Waals surface area contributed by atoms with E-state index >= 15 is 0 Å². The number of methoxy groups -OCH3 is 1. The summed E-state index contributed by atoms with van der Waals surface area (Å²) in [5.74, 6) is 0.831. The van der Waals surface area contributed by atoms with Gasteiger partial charge in [-0.05, 0) is 25.2 Å². The van der Waals surface area contributed by atoms with Gasteiger partial charge >= 0.3 is 0 Å². The second-order valence-corrected chi connectivity index (χ2v) is 4.11. The van der Waals surface area contributed by atoms with Gasteiger partial charge in [-0.2, -0.15) is 0 Å². The molecule has 4 heteroatoms. The number of nitrogens with one attached hydrogen (secondary N) is 1. The predicted molar refractivity (Wildman–Crippen MR) is 72.0 cm³/mol. The summed E-state index contributed by atoms with van der Waals surface area (Å²) >= 11 is 0. The zero-order chi connectivity index (χ0) is 12.8. The molecular weight excluding hydrogens is 228 g/mol. The van der Waals surface area contributed by atoms with Crippen molar-refractivity contribution in [3.05, 3.63) is 36.5 Å². The number of fused-ring (bicyclic) bond motifs is 1. The van der Waals surface area contributed by atoms with E-state index in [4.69, 9.17) is 9.47 Å². The van der Waals surface area contributed by atoms with Gasteiger partial charge in [0.2, 0.25) is 0 Å². The molecule has 1 unspecified atom stereocenters. The molecule has 0 spiro atoms. The van der Waals surface area contributed by atoms with Gasteiger partial charge in [0.05, 0.1) is 18.2 Å². The minimum Gasteiger partial charge on any atom is -0.492 e. The Morgan fingerprint density at radius 2 is 2.17 bits per heavy atom. The standard InChI is InChI=1S/C14H18N2O2/c1-15-12(9-17-2)10-18-13-6-5-11-4-3-7-16-14(11)8-13/h3-8,12,15H,9-10H2,1-2H3. The molecule has 1 aromatic heterocycles. The van der Waals surface area contributed by atoms with Crippen molar-refractivity contribution in [1.29, 1.82) is 0 Å². The second-order valence-electron chi connectivity index (χ2n) is 4.11. The van der Waals surface area contributed by atoms with Crippen LogP contribution in [0.1, 0.15) is 0 Å². The molecule has 18 heavy (non-hydrogen) atoms. The van der Waals surface area contributed by atoms with Crippen LogP contribution in [-0.2, 0) is 4.74 Å². The number of benzene rings is 1. The topological polar surface area (TPSA) is 43.4 Å². The van der Waals surface area contributed by atoms with Crippen molar-refractivity contribution in [3.8, 4) is 5.75 Å². The fourth-order valence-corrected chi connectivity index (χ4v) is 1.75. The Morgan fingerprint density at radius 3 is 2.94 bits per heavy atom. The molecule has 2 rings (SSSR count). The third-order valence-corrected chi connectivity index (χ3v) is 2.80. The highest BCUT2D eigenvalue weighted by Gasteiger charge is 2.06. The van der Waals surface area contributed by atoms with Gasteiger partial charge < -0.3 is 14.8 Å². The van der Waals surface area contributed by atoms with Gasteiger partial charge in [0.15, 0.2) is 0 Å². The summed E-state index contributed by atoms with van der Waals surface area (Å²) in [6, 6.07) is 10.1. The summed E-state index contributed by atoms with van der Waals surface area (Å²) in [7, 11) is 3.58. The number of pyridine rings is 1. The molecule has 1 heterocycles. The van der Waals surface area contributed by atoms with Gasteiger partial charge in [0.25, 0.3) is 0 Å². The first-order valence-corrected chi connectivity index (χ1v) is 5.97. The minimum absolute atomic E-state index is 0.189. The van der Waals surface area contributed by atoms with Crippen LogP contribution in [0.4, 0.5) is 0 Å². The maximum Gasteiger partial charge on any atom is 0.121 e. The number of hydrogen-bond donors (Lipinski definition) is 1. The number of hydrogen-bond acceptors (Lipinski definition) is 4. The lowest BCUT2D eigenvalue weighted by Crippen LogP contribution is -2.35. The first-order valence-electron chi connectivity index (χ1n) is 5.97. The molecule has 0 aliphatic carbocycles. The monoisotopic (exact) mass is 246 g/mol. The van der Waals surface area contributed by atoms with E-state index in [1.54, 1.807) is 13.3 Å². The van der Waals surface area contributed by atoms with Crippen molar-refractivity contribution in [1.82, 2.24) is 10.3 Å². The fraction of sp³-hybridized carbons (Fsp3) is 0.357. The Bertz CT molecular complexity index is 502. The Hall–Kier alpha value is -1.65. The zero-order valence-electron chi connectivity index (χ0n) is 10.7. The van der Waals surface area contributed by atoms with Crippen molar-refractivity contribution in [2.75, 3.05) is 27.4 Å². The summed E-state index contributed by atoms with van der Waals surface area (Å²) in [6.45, 7) is 1.20. The summed E-state index contributed by atoms with van der Waals surface area (Å²) in [6.07, 6.45) is 1.79. The van der Waals surface area contributed by atoms with Crippen LogP contribution in [0.3, 0.4) is 0 Å². The van der Waals surface area contributed by atoms with E-state index in [1.807, 2.05) is 37.4 Å². The number of rotatable bonds is 6. The van der Waals surface area contributed by atoms with Crippen molar-refractivity contribution >= 4 is 10.9 Å². The molecule has 0 radical (unpaired) electrons. The van der Waals surface area contributed by atoms with Gasteiger partial charge in [0, 0.05) is 24.8 Å². The molecule has 1 atom stereocenters. The van der Waals surface area contributed by atoms with Gasteiger partial charge in [-0.15, -0.1) is 0 Å². The van der Waals surface area contributed by atoms with Crippen LogP contribution in [0.25, 0.3) is 10.9 Å². The van der Waals surface area contributed by atoms with Gasteiger partial charge in [-0.1, -0.05) is 6.07 Å². The van der Waals surface area contributed by atoms with E-state index in [9.17, 15) is 0 Å². The van der Waals surface area contributed by atoms with Crippen LogP contribution in [0.5, 0.6) is 5.75 Å². The highest BCUT2D eigenvalue weighted by atomic mass is 16.5. The van der Waals surface area contributed by atoms with Crippen molar-refractivity contribution in [2.24, 2.45) is 0 Å². The molecule has 4 nitrogen and oxygen atoms in total. The average molecular weight is 246 g/mol. The van der Waals surface area contributed by atoms with E-state index in [0.29, 0.717) is 13.2 Å². The van der Waals surface area contributed by atoms with Gasteiger partial charge in [0.1, 0.15) is 12.4 Å². The Balaban J connectivity index is 2.03. The summed E-state index contributed by atoms with van der Waals surface area (Å²) in [4.78, 5) is 4.31. The Kier molecular flexibility index (Phi) is 4.50. The SMILES string of the molecule is CNC(COC)COc1ccc2cccnc2c1. The van der Waals surface area contributed by atoms with Crippen LogP contribution >= 0.6 is 0 Å². The molecule has 1 aromatic carbocycles. The maximum absolute atomic E-state index is 5.74. The summed E-state index contributed by atoms with van der Waals surface area (Å²) in [5.41, 5.74) is 0.947. The van der Waals surface area contributed by atoms with Crippen molar-refractivity contribution < 1.29 is 9.47 Å². The zero-order valence-corrected chi connectivity index (χ0v) is 10.7. The van der Waals surface area contributed by atoms with Crippen LogP contribution in [0.15, 0.2) is 36.5 Å². The van der Waals surface area contributed by atoms with Crippen LogP contribution in [0.2, 0.25) is 0 Å². The van der Waals surface area contributed by atoms with E-state index in [1.165, 1.54) is 0 Å². The van der Waals surface area contributed by atoms with E-state index in [2.05, 4.69) is 10.3 Å². The maximum atomic E-state index is 5.74. The number of ether oxygens (including phenoxy) is 2. The van der Waals surface area contributed by atoms with Gasteiger partial charge in [-0.3, -0.25) is 4.98 Å². The molecule has 0 aliphatic heterocycles. The number of likely N-dealkylation sites (N-methyl/N-ethyl adjacent to an activating group) is 1. The first-order chi connectivity index (χ1) is 8.83. The average Bonchev–Trinajstić information content (AvgIpc) is 2.43. The number of aromatic nitrogens is 1. The largest absolute Gasteiger partial charge is 0.492 e. The van der Waals surface area contributed by atoms with E-state index < -0.39 is 0 Å².